The molecule has 3 amide bonds. The number of hydrogen-bond acceptors (Lipinski definition) is 6. The maximum atomic E-state index is 11.9. The van der Waals surface area contributed by atoms with Crippen LogP contribution in [0, 0.1) is 6.92 Å². The summed E-state index contributed by atoms with van der Waals surface area (Å²) in [6, 6.07) is 3.18. The molecule has 0 aliphatic carbocycles. The lowest BCUT2D eigenvalue weighted by atomic mass is 10.1. The Hall–Kier alpha value is -3.28. The predicted octanol–water partition coefficient (Wildman–Crippen LogP) is 0.737. The molecule has 0 bridgehead atoms. The third-order valence-corrected chi connectivity index (χ3v) is 4.74. The second-order valence-corrected chi connectivity index (χ2v) is 7.29. The minimum absolute atomic E-state index is 0.0582. The van der Waals surface area contributed by atoms with Gasteiger partial charge in [0.2, 0.25) is 5.91 Å². The van der Waals surface area contributed by atoms with Crippen molar-refractivity contribution in [1.82, 2.24) is 10.6 Å². The normalized spacial score (nSPS) is 12.3. The number of carboxylic acid groups (broad SMARTS) is 3. The number of rotatable bonds is 12. The zero-order chi connectivity index (χ0) is 22.7. The molecule has 1 aromatic carbocycles. The second kappa shape index (κ2) is 12.3. The van der Waals surface area contributed by atoms with Crippen LogP contribution in [0.15, 0.2) is 24.3 Å². The molecule has 1 rings (SSSR count). The van der Waals surface area contributed by atoms with Crippen LogP contribution in [0.2, 0.25) is 0 Å². The van der Waals surface area contributed by atoms with Crippen LogP contribution in [0.5, 0.6) is 0 Å². The van der Waals surface area contributed by atoms with E-state index in [1.165, 1.54) is 0 Å². The number of carbonyl (C=O) groups excluding carboxylic acids is 2. The van der Waals surface area contributed by atoms with Gasteiger partial charge in [-0.2, -0.15) is 0 Å². The first-order valence-electron chi connectivity index (χ1n) is 8.77. The smallest absolute Gasteiger partial charge is 0.327 e. The fraction of sp³-hybridized carbons (Fsp3) is 0.389. The summed E-state index contributed by atoms with van der Waals surface area (Å²) in [5.41, 5.74) is 1.63. The van der Waals surface area contributed by atoms with Crippen LogP contribution in [0.25, 0.3) is 0 Å². The number of hydrogen-bond donors (Lipinski definition) is 6. The summed E-state index contributed by atoms with van der Waals surface area (Å²) >= 11 is 0.972. The number of amides is 3. The molecule has 0 heterocycles. The number of carbonyl (C=O) groups is 5. The molecule has 0 fully saturated rings. The molecule has 11 nitrogen and oxygen atoms in total. The number of urea groups is 1. The van der Waals surface area contributed by atoms with Crippen molar-refractivity contribution in [3.05, 3.63) is 29.8 Å². The summed E-state index contributed by atoms with van der Waals surface area (Å²) < 4.78 is 0. The molecule has 12 heteroatoms. The van der Waals surface area contributed by atoms with Crippen LogP contribution in [-0.4, -0.2) is 68.8 Å². The van der Waals surface area contributed by atoms with Crippen molar-refractivity contribution in [3.8, 4) is 0 Å². The number of nitrogens with one attached hydrogen (secondary N) is 3. The summed E-state index contributed by atoms with van der Waals surface area (Å²) in [5, 5.41) is 33.6. The first kappa shape index (κ1) is 24.8. The zero-order valence-electron chi connectivity index (χ0n) is 16.1. The van der Waals surface area contributed by atoms with E-state index in [1.807, 2.05) is 24.4 Å². The molecule has 164 valence electrons. The van der Waals surface area contributed by atoms with Crippen molar-refractivity contribution in [2.45, 2.75) is 31.8 Å². The standard InChI is InChI=1S/C18H23N3O8S/c1-10-2-4-11(5-3-10)19-14(22)9-30-8-13(17(27)28)21-18(29)20-12(16(25)26)6-7-15(23)24/h2-5,12-13H,6-9H2,1H3,(H,19,22)(H,23,24)(H,25,26)(H,27,28)(H2,20,21,29). The lowest BCUT2D eigenvalue weighted by Gasteiger charge is -2.18. The van der Waals surface area contributed by atoms with Crippen molar-refractivity contribution >= 4 is 47.3 Å². The molecular weight excluding hydrogens is 418 g/mol. The van der Waals surface area contributed by atoms with Gasteiger partial charge in [0.15, 0.2) is 0 Å². The quantitative estimate of drug-likeness (QED) is 0.272. The molecule has 0 aliphatic heterocycles. The Balaban J connectivity index is 2.48. The fourth-order valence-corrected chi connectivity index (χ4v) is 3.00. The lowest BCUT2D eigenvalue weighted by Crippen LogP contribution is -2.52. The van der Waals surface area contributed by atoms with Crippen LogP contribution in [0.3, 0.4) is 0 Å². The Bertz CT molecular complexity index is 784. The van der Waals surface area contributed by atoms with E-state index in [-0.39, 0.29) is 23.8 Å². The van der Waals surface area contributed by atoms with Gasteiger partial charge in [0.1, 0.15) is 12.1 Å². The summed E-state index contributed by atoms with van der Waals surface area (Å²) in [5.74, 6) is -4.59. The molecule has 0 aromatic heterocycles. The van der Waals surface area contributed by atoms with Gasteiger partial charge in [0, 0.05) is 17.9 Å². The molecular formula is C18H23N3O8S. The summed E-state index contributed by atoms with van der Waals surface area (Å²) in [7, 11) is 0. The highest BCUT2D eigenvalue weighted by Gasteiger charge is 2.25. The average molecular weight is 441 g/mol. The fourth-order valence-electron chi connectivity index (χ4n) is 2.16. The van der Waals surface area contributed by atoms with Crippen molar-refractivity contribution in [1.29, 1.82) is 0 Å². The monoisotopic (exact) mass is 441 g/mol. The van der Waals surface area contributed by atoms with Crippen LogP contribution in [-0.2, 0) is 19.2 Å². The molecule has 30 heavy (non-hydrogen) atoms. The first-order chi connectivity index (χ1) is 14.1. The van der Waals surface area contributed by atoms with Gasteiger partial charge >= 0.3 is 23.9 Å². The van der Waals surface area contributed by atoms with E-state index in [4.69, 9.17) is 10.2 Å². The summed E-state index contributed by atoms with van der Waals surface area (Å²) in [4.78, 5) is 56.8. The zero-order valence-corrected chi connectivity index (χ0v) is 16.9. The van der Waals surface area contributed by atoms with E-state index in [9.17, 15) is 29.1 Å². The Kier molecular flexibility index (Phi) is 10.2. The predicted molar refractivity (Wildman–Crippen MR) is 109 cm³/mol. The number of aliphatic carboxylic acids is 3. The molecule has 0 saturated carbocycles. The molecule has 2 atom stereocenters. The molecule has 1 aromatic rings. The van der Waals surface area contributed by atoms with Crippen molar-refractivity contribution in [2.24, 2.45) is 0 Å². The Morgan fingerprint density at radius 2 is 1.50 bits per heavy atom. The highest BCUT2D eigenvalue weighted by Crippen LogP contribution is 2.10. The van der Waals surface area contributed by atoms with Gasteiger partial charge < -0.3 is 31.3 Å². The topological polar surface area (TPSA) is 182 Å². The number of anilines is 1. The Labute approximate surface area is 176 Å². The van der Waals surface area contributed by atoms with Gasteiger partial charge in [-0.1, -0.05) is 17.7 Å². The molecule has 2 unspecified atom stereocenters. The number of thioether (sulfide) groups is 1. The minimum atomic E-state index is -1.48. The molecule has 0 saturated heterocycles. The van der Waals surface area contributed by atoms with E-state index < -0.39 is 42.4 Å². The van der Waals surface area contributed by atoms with Crippen molar-refractivity contribution in [2.75, 3.05) is 16.8 Å². The maximum Gasteiger partial charge on any atom is 0.327 e. The van der Waals surface area contributed by atoms with Gasteiger partial charge in [0.05, 0.1) is 5.75 Å². The third kappa shape index (κ3) is 9.78. The van der Waals surface area contributed by atoms with Crippen molar-refractivity contribution in [3.63, 3.8) is 0 Å². The molecule has 0 aliphatic rings. The highest BCUT2D eigenvalue weighted by atomic mass is 32.2. The van der Waals surface area contributed by atoms with E-state index in [0.29, 0.717) is 5.69 Å². The SMILES string of the molecule is Cc1ccc(NC(=O)CSCC(NC(=O)NC(CCC(=O)O)C(=O)O)C(=O)O)cc1. The number of benzene rings is 1. The second-order valence-electron chi connectivity index (χ2n) is 6.26. The third-order valence-electron chi connectivity index (χ3n) is 3.71. The van der Waals surface area contributed by atoms with E-state index in [0.717, 1.165) is 17.3 Å². The Morgan fingerprint density at radius 1 is 0.933 bits per heavy atom. The lowest BCUT2D eigenvalue weighted by molar-refractivity contribution is -0.140. The van der Waals surface area contributed by atoms with Crippen LogP contribution in [0.1, 0.15) is 18.4 Å². The number of carboxylic acids is 3. The maximum absolute atomic E-state index is 11.9. The van der Waals surface area contributed by atoms with Crippen molar-refractivity contribution < 1.29 is 39.3 Å². The van der Waals surface area contributed by atoms with Crippen LogP contribution < -0.4 is 16.0 Å². The van der Waals surface area contributed by atoms with Gasteiger partial charge in [-0.15, -0.1) is 11.8 Å². The summed E-state index contributed by atoms with van der Waals surface area (Å²) in [6.07, 6.45) is -0.838. The first-order valence-corrected chi connectivity index (χ1v) is 9.92. The van der Waals surface area contributed by atoms with Gasteiger partial charge in [-0.05, 0) is 25.5 Å². The van der Waals surface area contributed by atoms with Gasteiger partial charge in [-0.3, -0.25) is 9.59 Å². The largest absolute Gasteiger partial charge is 0.481 e. The molecule has 0 spiro atoms. The van der Waals surface area contributed by atoms with E-state index in [1.54, 1.807) is 12.1 Å². The minimum Gasteiger partial charge on any atom is -0.481 e. The number of aryl methyl sites for hydroxylation is 1. The molecule has 6 N–H and O–H groups in total. The van der Waals surface area contributed by atoms with Crippen LogP contribution in [0.4, 0.5) is 10.5 Å². The van der Waals surface area contributed by atoms with Crippen LogP contribution >= 0.6 is 11.8 Å². The molecule has 0 radical (unpaired) electrons. The Morgan fingerprint density at radius 3 is 2.03 bits per heavy atom. The highest BCUT2D eigenvalue weighted by molar-refractivity contribution is 8.00. The van der Waals surface area contributed by atoms with Gasteiger partial charge in [0.25, 0.3) is 0 Å². The van der Waals surface area contributed by atoms with E-state index in [2.05, 4.69) is 10.6 Å². The van der Waals surface area contributed by atoms with E-state index >= 15 is 0 Å². The average Bonchev–Trinajstić information content (AvgIpc) is 2.65. The summed E-state index contributed by atoms with van der Waals surface area (Å²) in [6.45, 7) is 1.90. The van der Waals surface area contributed by atoms with Gasteiger partial charge in [-0.25, -0.2) is 14.4 Å².